The molecule has 1 aliphatic heterocycles. The average Bonchev–Trinajstić information content (AvgIpc) is 3.03. The Hall–Kier alpha value is -0.610. The van der Waals surface area contributed by atoms with Crippen molar-refractivity contribution in [1.82, 2.24) is 10.2 Å². The van der Waals surface area contributed by atoms with Crippen LogP contribution in [0.5, 0.6) is 0 Å². The molecule has 0 aromatic heterocycles. The number of nitrogens with two attached hydrogens (primary N) is 1. The van der Waals surface area contributed by atoms with E-state index in [9.17, 15) is 4.79 Å². The van der Waals surface area contributed by atoms with E-state index in [1.807, 2.05) is 7.05 Å². The second-order valence-electron chi connectivity index (χ2n) is 6.95. The number of amides is 1. The highest BCUT2D eigenvalue weighted by molar-refractivity contribution is 5.85. The quantitative estimate of drug-likeness (QED) is 0.779. The monoisotopic (exact) mass is 281 g/mol. The van der Waals surface area contributed by atoms with Crippen LogP contribution in [-0.2, 0) is 4.79 Å². The standard InChI is InChI=1S/C16H31N3O/c1-12(2)14-7-5-10-19(14)11-8-13-6-4-9-16(13,18-3)15(17)20/h12-14,18H,4-11H2,1-3H3,(H2,17,20). The van der Waals surface area contributed by atoms with Crippen molar-refractivity contribution >= 4 is 5.91 Å². The van der Waals surface area contributed by atoms with Crippen LogP contribution in [0.15, 0.2) is 0 Å². The summed E-state index contributed by atoms with van der Waals surface area (Å²) in [5.74, 6) is 0.967. The average molecular weight is 281 g/mol. The van der Waals surface area contributed by atoms with Crippen LogP contribution in [-0.4, -0.2) is 42.5 Å². The van der Waals surface area contributed by atoms with Crippen molar-refractivity contribution < 1.29 is 4.79 Å². The fourth-order valence-corrected chi connectivity index (χ4v) is 4.45. The van der Waals surface area contributed by atoms with E-state index in [1.165, 1.54) is 19.4 Å². The van der Waals surface area contributed by atoms with Crippen molar-refractivity contribution in [3.8, 4) is 0 Å². The summed E-state index contributed by atoms with van der Waals surface area (Å²) in [5.41, 5.74) is 5.23. The first-order valence-corrected chi connectivity index (χ1v) is 8.24. The molecule has 3 atom stereocenters. The minimum atomic E-state index is -0.451. The lowest BCUT2D eigenvalue weighted by molar-refractivity contribution is -0.125. The molecule has 20 heavy (non-hydrogen) atoms. The Morgan fingerprint density at radius 3 is 2.75 bits per heavy atom. The smallest absolute Gasteiger partial charge is 0.238 e. The predicted octanol–water partition coefficient (Wildman–Crippen LogP) is 1.74. The third-order valence-electron chi connectivity index (χ3n) is 5.65. The molecule has 1 heterocycles. The first-order valence-electron chi connectivity index (χ1n) is 8.24. The van der Waals surface area contributed by atoms with Crippen LogP contribution >= 0.6 is 0 Å². The highest BCUT2D eigenvalue weighted by Gasteiger charge is 2.46. The summed E-state index contributed by atoms with van der Waals surface area (Å²) in [6, 6.07) is 0.731. The van der Waals surface area contributed by atoms with E-state index >= 15 is 0 Å². The van der Waals surface area contributed by atoms with E-state index in [4.69, 9.17) is 5.73 Å². The van der Waals surface area contributed by atoms with Gasteiger partial charge in [0.1, 0.15) is 5.54 Å². The van der Waals surface area contributed by atoms with Gasteiger partial charge in [0.15, 0.2) is 0 Å². The molecule has 2 fully saturated rings. The van der Waals surface area contributed by atoms with Crippen LogP contribution in [0.25, 0.3) is 0 Å². The maximum absolute atomic E-state index is 11.9. The summed E-state index contributed by atoms with van der Waals surface area (Å²) in [6.45, 7) is 6.97. The number of hydrogen-bond acceptors (Lipinski definition) is 3. The maximum Gasteiger partial charge on any atom is 0.238 e. The predicted molar refractivity (Wildman–Crippen MR) is 82.4 cm³/mol. The molecule has 3 N–H and O–H groups in total. The number of likely N-dealkylation sites (tertiary alicyclic amines) is 1. The van der Waals surface area contributed by atoms with Gasteiger partial charge in [0.2, 0.25) is 5.91 Å². The van der Waals surface area contributed by atoms with Gasteiger partial charge < -0.3 is 16.0 Å². The summed E-state index contributed by atoms with van der Waals surface area (Å²) < 4.78 is 0. The number of nitrogens with zero attached hydrogens (tertiary/aromatic N) is 1. The van der Waals surface area contributed by atoms with Crippen molar-refractivity contribution in [2.45, 2.75) is 64.0 Å². The Kier molecular flexibility index (Phi) is 5.08. The topological polar surface area (TPSA) is 58.4 Å². The van der Waals surface area contributed by atoms with Gasteiger partial charge in [-0.15, -0.1) is 0 Å². The summed E-state index contributed by atoms with van der Waals surface area (Å²) in [7, 11) is 1.88. The zero-order valence-corrected chi connectivity index (χ0v) is 13.3. The van der Waals surface area contributed by atoms with Crippen LogP contribution in [0.2, 0.25) is 0 Å². The van der Waals surface area contributed by atoms with E-state index in [0.717, 1.165) is 44.2 Å². The van der Waals surface area contributed by atoms with Crippen molar-refractivity contribution in [1.29, 1.82) is 0 Å². The summed E-state index contributed by atoms with van der Waals surface area (Å²) >= 11 is 0. The molecule has 4 nitrogen and oxygen atoms in total. The largest absolute Gasteiger partial charge is 0.368 e. The number of likely N-dealkylation sites (N-methyl/N-ethyl adjacent to an activating group) is 1. The molecule has 1 aliphatic carbocycles. The van der Waals surface area contributed by atoms with Crippen LogP contribution in [0.3, 0.4) is 0 Å². The molecule has 0 bridgehead atoms. The summed E-state index contributed by atoms with van der Waals surface area (Å²) in [5, 5.41) is 3.24. The van der Waals surface area contributed by atoms with Crippen molar-refractivity contribution in [2.24, 2.45) is 17.6 Å². The van der Waals surface area contributed by atoms with Crippen LogP contribution in [0, 0.1) is 11.8 Å². The highest BCUT2D eigenvalue weighted by Crippen LogP contribution is 2.38. The van der Waals surface area contributed by atoms with Crippen molar-refractivity contribution in [3.05, 3.63) is 0 Å². The van der Waals surface area contributed by atoms with Crippen LogP contribution in [0.4, 0.5) is 0 Å². The van der Waals surface area contributed by atoms with E-state index in [0.29, 0.717) is 5.92 Å². The Bertz CT molecular complexity index is 345. The van der Waals surface area contributed by atoms with Gasteiger partial charge in [0, 0.05) is 6.04 Å². The molecule has 1 saturated heterocycles. The molecule has 1 saturated carbocycles. The molecule has 3 unspecified atom stereocenters. The molecule has 2 aliphatic rings. The number of primary amides is 1. The van der Waals surface area contributed by atoms with Gasteiger partial charge in [-0.3, -0.25) is 4.79 Å². The SMILES string of the molecule is CNC1(C(N)=O)CCCC1CCN1CCCC1C(C)C. The minimum Gasteiger partial charge on any atom is -0.368 e. The molecule has 116 valence electrons. The van der Waals surface area contributed by atoms with Gasteiger partial charge in [0.25, 0.3) is 0 Å². The highest BCUT2D eigenvalue weighted by atomic mass is 16.1. The Morgan fingerprint density at radius 1 is 1.40 bits per heavy atom. The third kappa shape index (κ3) is 2.86. The molecule has 0 radical (unpaired) electrons. The summed E-state index contributed by atoms with van der Waals surface area (Å²) in [4.78, 5) is 14.5. The van der Waals surface area contributed by atoms with E-state index < -0.39 is 5.54 Å². The van der Waals surface area contributed by atoms with Gasteiger partial charge in [-0.2, -0.15) is 0 Å². The zero-order chi connectivity index (χ0) is 14.8. The second-order valence-corrected chi connectivity index (χ2v) is 6.95. The lowest BCUT2D eigenvalue weighted by Gasteiger charge is -2.34. The Morgan fingerprint density at radius 2 is 2.15 bits per heavy atom. The third-order valence-corrected chi connectivity index (χ3v) is 5.65. The first-order chi connectivity index (χ1) is 9.51. The van der Waals surface area contributed by atoms with Gasteiger partial charge in [-0.05, 0) is 64.1 Å². The number of hydrogen-bond donors (Lipinski definition) is 2. The van der Waals surface area contributed by atoms with Gasteiger partial charge in [0.05, 0.1) is 0 Å². The molecule has 0 spiro atoms. The van der Waals surface area contributed by atoms with E-state index in [1.54, 1.807) is 0 Å². The van der Waals surface area contributed by atoms with Crippen LogP contribution < -0.4 is 11.1 Å². The molecule has 0 aromatic rings. The van der Waals surface area contributed by atoms with E-state index in [-0.39, 0.29) is 5.91 Å². The first kappa shape index (κ1) is 15.8. The molecule has 2 rings (SSSR count). The maximum atomic E-state index is 11.9. The fraction of sp³-hybridized carbons (Fsp3) is 0.938. The normalized spacial score (nSPS) is 35.0. The van der Waals surface area contributed by atoms with Gasteiger partial charge in [-0.1, -0.05) is 20.3 Å². The fourth-order valence-electron chi connectivity index (χ4n) is 4.45. The molecule has 1 amide bonds. The molecule has 0 aromatic carbocycles. The molecule has 4 heteroatoms. The number of carbonyl (C=O) groups excluding carboxylic acids is 1. The van der Waals surface area contributed by atoms with E-state index in [2.05, 4.69) is 24.1 Å². The van der Waals surface area contributed by atoms with Crippen LogP contribution in [0.1, 0.15) is 52.4 Å². The van der Waals surface area contributed by atoms with Crippen molar-refractivity contribution in [3.63, 3.8) is 0 Å². The van der Waals surface area contributed by atoms with Gasteiger partial charge >= 0.3 is 0 Å². The van der Waals surface area contributed by atoms with Crippen molar-refractivity contribution in [2.75, 3.05) is 20.1 Å². The number of rotatable bonds is 6. The Balaban J connectivity index is 1.94. The zero-order valence-electron chi connectivity index (χ0n) is 13.3. The number of nitrogens with one attached hydrogen (secondary N) is 1. The molecular weight excluding hydrogens is 250 g/mol. The lowest BCUT2D eigenvalue weighted by atomic mass is 9.84. The lowest BCUT2D eigenvalue weighted by Crippen LogP contribution is -2.57. The minimum absolute atomic E-state index is 0.163. The molecular formula is C16H31N3O. The summed E-state index contributed by atoms with van der Waals surface area (Å²) in [6.07, 6.45) is 6.88. The second kappa shape index (κ2) is 6.44. The Labute approximate surface area is 123 Å². The van der Waals surface area contributed by atoms with Gasteiger partial charge in [-0.25, -0.2) is 0 Å². The number of carbonyl (C=O) groups is 1.